The number of aryl methyl sites for hydroxylation is 3. The van der Waals surface area contributed by atoms with Crippen molar-refractivity contribution in [2.75, 3.05) is 28.2 Å². The molecule has 0 spiro atoms. The normalized spacial score (nSPS) is 19.0. The quantitative estimate of drug-likeness (QED) is 0.115. The van der Waals surface area contributed by atoms with Crippen molar-refractivity contribution in [3.8, 4) is 22.5 Å². The minimum absolute atomic E-state index is 0.128. The van der Waals surface area contributed by atoms with Crippen molar-refractivity contribution < 1.29 is 37.5 Å². The first kappa shape index (κ1) is 55.1. The van der Waals surface area contributed by atoms with Crippen LogP contribution >= 0.6 is 27.5 Å². The van der Waals surface area contributed by atoms with Crippen LogP contribution in [0.4, 0.5) is 0 Å². The molecule has 3 aliphatic rings. The van der Waals surface area contributed by atoms with E-state index in [-0.39, 0.29) is 45.4 Å². The van der Waals surface area contributed by atoms with Gasteiger partial charge in [0.05, 0.1) is 45.0 Å². The smallest absolute Gasteiger partial charge is 0.405 e. The lowest BCUT2D eigenvalue weighted by molar-refractivity contribution is 0.00578. The number of carbonyl (C=O) groups excluding carboxylic acids is 2. The predicted molar refractivity (Wildman–Crippen MR) is 288 cm³/mol. The van der Waals surface area contributed by atoms with Crippen molar-refractivity contribution in [3.63, 3.8) is 0 Å². The Kier molecular flexibility index (Phi) is 15.0. The van der Waals surface area contributed by atoms with Gasteiger partial charge in [0.1, 0.15) is 16.5 Å². The lowest BCUT2D eigenvalue weighted by Crippen LogP contribution is -2.41. The van der Waals surface area contributed by atoms with Gasteiger partial charge in [-0.15, -0.1) is 0 Å². The highest BCUT2D eigenvalue weighted by atomic mass is 79.9. The van der Waals surface area contributed by atoms with Crippen LogP contribution in [-0.4, -0.2) is 134 Å². The van der Waals surface area contributed by atoms with Crippen LogP contribution < -0.4 is 5.46 Å². The summed E-state index contributed by atoms with van der Waals surface area (Å²) in [5, 5.41) is 9.58. The van der Waals surface area contributed by atoms with Crippen LogP contribution in [-0.2, 0) is 27.9 Å². The average molecular weight is 1070 g/mol. The summed E-state index contributed by atoms with van der Waals surface area (Å²) in [6.07, 6.45) is 0. The van der Waals surface area contributed by atoms with E-state index < -0.39 is 21.1 Å². The molecule has 9 rings (SSSR count). The number of hydrogen-bond donors (Lipinski definition) is 0. The van der Waals surface area contributed by atoms with Gasteiger partial charge in [-0.3, -0.25) is 9.59 Å². The molecule has 0 unspecified atom stereocenters. The molecule has 3 fully saturated rings. The van der Waals surface area contributed by atoms with Crippen LogP contribution in [0.25, 0.3) is 33.8 Å². The molecule has 0 N–H and O–H groups in total. The Balaban J connectivity index is 0.000000165. The molecule has 0 saturated carbocycles. The fourth-order valence-electron chi connectivity index (χ4n) is 8.02. The maximum Gasteiger partial charge on any atom is 0.494 e. The van der Waals surface area contributed by atoms with Gasteiger partial charge in [-0.1, -0.05) is 51.8 Å². The lowest BCUT2D eigenvalue weighted by atomic mass is 9.49. The zero-order valence-corrected chi connectivity index (χ0v) is 47.4. The van der Waals surface area contributed by atoms with Crippen LogP contribution in [0.2, 0.25) is 5.15 Å². The zero-order chi connectivity index (χ0) is 53.4. The zero-order valence-electron chi connectivity index (χ0n) is 45.1. The minimum Gasteiger partial charge on any atom is -0.405 e. The van der Waals surface area contributed by atoms with Crippen molar-refractivity contribution in [2.24, 2.45) is 0 Å². The second-order valence-electron chi connectivity index (χ2n) is 22.1. The standard InChI is InChI=1S/C23H29BN4O3.C16H14BrClN4O.C12H24B2O4/c1-14-11-16(24-30-22(3,4)23(5,6)31-24)9-10-17(14)18-13-20-25-19(21(29)27(7)8)12-15(2)28(20)26-18;1-9-6-10(17)4-5-11(9)12-8-15-19-13(16(23)21(2)3)7-14(18)22(15)20-12;1-9(2)10(3,4)16-13(15-9)14-17-11(5,6)12(7,8)18-14/h9-13H,1-8H3;4-8H,1-3H3;1-8H3. The fourth-order valence-corrected chi connectivity index (χ4v) is 8.72. The number of hydrogen-bond acceptors (Lipinski definition) is 12. The predicted octanol–water partition coefficient (Wildman–Crippen LogP) is 9.09. The average Bonchev–Trinajstić information content (AvgIpc) is 4.04. The van der Waals surface area contributed by atoms with Crippen molar-refractivity contribution in [2.45, 2.75) is 137 Å². The molecule has 0 atom stereocenters. The summed E-state index contributed by atoms with van der Waals surface area (Å²) < 4.78 is 40.5. The molecule has 2 aromatic carbocycles. The number of carbonyl (C=O) groups is 2. The van der Waals surface area contributed by atoms with E-state index in [0.717, 1.165) is 49.3 Å². The molecule has 0 aliphatic carbocycles. The summed E-state index contributed by atoms with van der Waals surface area (Å²) >= 11 is 9.71. The van der Waals surface area contributed by atoms with Gasteiger partial charge in [0, 0.05) is 67.7 Å². The molecule has 72 heavy (non-hydrogen) atoms. The monoisotopic (exact) mass is 1070 g/mol. The maximum absolute atomic E-state index is 12.3. The van der Waals surface area contributed by atoms with Gasteiger partial charge >= 0.3 is 21.1 Å². The van der Waals surface area contributed by atoms with Crippen molar-refractivity contribution in [1.29, 1.82) is 0 Å². The summed E-state index contributed by atoms with van der Waals surface area (Å²) in [7, 11) is 5.44. The van der Waals surface area contributed by atoms with E-state index in [9.17, 15) is 9.59 Å². The third-order valence-corrected chi connectivity index (χ3v) is 15.3. The minimum atomic E-state index is -0.476. The molecule has 7 heterocycles. The summed E-state index contributed by atoms with van der Waals surface area (Å²) in [5.41, 5.74) is 7.27. The Bertz CT molecular complexity index is 2980. The topological polar surface area (TPSA) is 156 Å². The van der Waals surface area contributed by atoms with E-state index in [4.69, 9.17) is 44.6 Å². The first-order valence-electron chi connectivity index (χ1n) is 24.0. The summed E-state index contributed by atoms with van der Waals surface area (Å²) in [6.45, 7) is 30.4. The first-order chi connectivity index (χ1) is 33.1. The summed E-state index contributed by atoms with van der Waals surface area (Å²) in [6, 6.07) is 19.2. The van der Waals surface area contributed by atoms with E-state index in [0.29, 0.717) is 27.8 Å². The van der Waals surface area contributed by atoms with Crippen LogP contribution in [0.5, 0.6) is 0 Å². The van der Waals surface area contributed by atoms with Gasteiger partial charge in [-0.25, -0.2) is 19.0 Å². The molecule has 0 bridgehead atoms. The molecule has 2 amide bonds. The molecular formula is C51H67B3BrClN8O8. The Morgan fingerprint density at radius 3 is 1.36 bits per heavy atom. The third kappa shape index (κ3) is 10.8. The Labute approximate surface area is 438 Å². The van der Waals surface area contributed by atoms with Crippen LogP contribution in [0.3, 0.4) is 0 Å². The highest BCUT2D eigenvalue weighted by Crippen LogP contribution is 2.43. The second-order valence-corrected chi connectivity index (χ2v) is 23.4. The van der Waals surface area contributed by atoms with Gasteiger partial charge in [0.25, 0.3) is 11.8 Å². The molecule has 382 valence electrons. The number of amides is 2. The van der Waals surface area contributed by atoms with E-state index in [2.05, 4.69) is 71.7 Å². The molecule has 3 aliphatic heterocycles. The third-order valence-electron chi connectivity index (χ3n) is 14.5. The summed E-state index contributed by atoms with van der Waals surface area (Å²) in [5.74, 6) is -0.326. The van der Waals surface area contributed by atoms with Crippen molar-refractivity contribution in [3.05, 3.63) is 98.5 Å². The molecule has 6 aromatic rings. The fraction of sp³-hybridized carbons (Fsp3) is 0.490. The SMILES string of the molecule is CC1(C)OB(B2OC(C)(C)C(C)(C)O2)OC1(C)C.Cc1cc(B2OC(C)(C)C(C)(C)O2)ccc1-c1cc2nc(C(=O)N(C)C)cc(C)n2n1.Cc1cc(Br)ccc1-c1cc2nc(C(=O)N(C)C)cc(Cl)n2n1. The van der Waals surface area contributed by atoms with Gasteiger partial charge in [-0.05, 0) is 139 Å². The maximum atomic E-state index is 12.3. The number of rotatable bonds is 6. The molecule has 21 heteroatoms. The summed E-state index contributed by atoms with van der Waals surface area (Å²) in [4.78, 5) is 36.3. The highest BCUT2D eigenvalue weighted by Gasteiger charge is 2.63. The number of benzene rings is 2. The van der Waals surface area contributed by atoms with Gasteiger partial charge in [-0.2, -0.15) is 10.2 Å². The van der Waals surface area contributed by atoms with Crippen LogP contribution in [0, 0.1) is 20.8 Å². The van der Waals surface area contributed by atoms with Gasteiger partial charge in [0.15, 0.2) is 11.3 Å². The molecular weight excluding hydrogens is 1000 g/mol. The van der Waals surface area contributed by atoms with E-state index in [1.807, 2.05) is 112 Å². The number of nitrogens with zero attached hydrogens (tertiary/aromatic N) is 8. The number of halogens is 2. The largest absolute Gasteiger partial charge is 0.494 e. The molecule has 3 saturated heterocycles. The van der Waals surface area contributed by atoms with Crippen molar-refractivity contribution >= 4 is 77.2 Å². The van der Waals surface area contributed by atoms with Crippen LogP contribution in [0.1, 0.15) is 121 Å². The molecule has 16 nitrogen and oxygen atoms in total. The number of fused-ring (bicyclic) bond motifs is 2. The van der Waals surface area contributed by atoms with E-state index in [1.54, 1.807) is 38.8 Å². The van der Waals surface area contributed by atoms with Crippen molar-refractivity contribution in [1.82, 2.24) is 39.0 Å². The van der Waals surface area contributed by atoms with E-state index >= 15 is 0 Å². The first-order valence-corrected chi connectivity index (χ1v) is 25.1. The number of aromatic nitrogens is 6. The lowest BCUT2D eigenvalue weighted by Gasteiger charge is -2.32. The highest BCUT2D eigenvalue weighted by molar-refractivity contribution is 9.10. The van der Waals surface area contributed by atoms with E-state index in [1.165, 1.54) is 20.4 Å². The Morgan fingerprint density at radius 1 is 0.542 bits per heavy atom. The molecule has 0 radical (unpaired) electrons. The molecule has 4 aromatic heterocycles. The van der Waals surface area contributed by atoms with Gasteiger partial charge in [0.2, 0.25) is 0 Å². The Morgan fingerprint density at radius 2 is 0.931 bits per heavy atom. The second kappa shape index (κ2) is 19.6. The Hall–Kier alpha value is -4.66. The van der Waals surface area contributed by atoms with Crippen LogP contribution in [0.15, 0.2) is 65.1 Å². The van der Waals surface area contributed by atoms with Gasteiger partial charge < -0.3 is 37.7 Å².